The molecular formula is C30H42N6O15. The molecule has 0 saturated carbocycles. The number of amides is 6. The number of carbonyl (C=O) groups excluding carboxylic acids is 6. The zero-order valence-corrected chi connectivity index (χ0v) is 27.7. The first kappa shape index (κ1) is 43.2. The van der Waals surface area contributed by atoms with Gasteiger partial charge < -0.3 is 62.5 Å². The number of carboxylic acids is 3. The number of aliphatic hydroxyl groups is 2. The summed E-state index contributed by atoms with van der Waals surface area (Å²) in [4.78, 5) is 110. The minimum absolute atomic E-state index is 0.0563. The third-order valence-corrected chi connectivity index (χ3v) is 6.97. The molecule has 0 heterocycles. The number of aliphatic hydroxyl groups excluding tert-OH is 2. The van der Waals surface area contributed by atoms with Gasteiger partial charge in [0, 0.05) is 19.8 Å². The van der Waals surface area contributed by atoms with Crippen LogP contribution in [0.5, 0.6) is 5.75 Å². The predicted octanol–water partition coefficient (Wildman–Crippen LogP) is -4.32. The zero-order valence-electron chi connectivity index (χ0n) is 27.7. The Morgan fingerprint density at radius 1 is 0.647 bits per heavy atom. The second kappa shape index (κ2) is 20.6. The van der Waals surface area contributed by atoms with Crippen LogP contribution < -0.4 is 31.9 Å². The van der Waals surface area contributed by atoms with E-state index in [1.165, 1.54) is 24.3 Å². The van der Waals surface area contributed by atoms with Crippen LogP contribution in [0.4, 0.5) is 0 Å². The number of hydrogen-bond donors (Lipinski definition) is 12. The molecule has 21 heteroatoms. The Hall–Kier alpha value is -5.83. The molecule has 0 bridgehead atoms. The summed E-state index contributed by atoms with van der Waals surface area (Å²) >= 11 is 0. The first-order valence-corrected chi connectivity index (χ1v) is 15.3. The van der Waals surface area contributed by atoms with Crippen LogP contribution in [0.3, 0.4) is 0 Å². The molecule has 282 valence electrons. The number of benzene rings is 1. The molecule has 1 rings (SSSR count). The van der Waals surface area contributed by atoms with E-state index in [1.54, 1.807) is 0 Å². The molecule has 0 aliphatic carbocycles. The lowest BCUT2D eigenvalue weighted by Crippen LogP contribution is -2.61. The van der Waals surface area contributed by atoms with Gasteiger partial charge in [0.2, 0.25) is 35.4 Å². The molecule has 1 aromatic rings. The van der Waals surface area contributed by atoms with E-state index in [-0.39, 0.29) is 12.2 Å². The van der Waals surface area contributed by atoms with E-state index >= 15 is 0 Å². The summed E-state index contributed by atoms with van der Waals surface area (Å²) in [5.41, 5.74) is 0.506. The maximum absolute atomic E-state index is 13.2. The van der Waals surface area contributed by atoms with Crippen molar-refractivity contribution < 1.29 is 73.8 Å². The number of aliphatic carboxylic acids is 3. The standard InChI is InChI=1S/C30H42N6O15/c1-13(25(45)36-24(14(2)38)29(49)34-20(30(50)51)11-23(43)44)31-28(48)21(12-37)35-26(46)18(8-9-22(41)42)33-27(47)19(32-15(3)39)10-16-4-6-17(40)7-5-16/h4-7,13-14,18-21,24,37-38,40H,8-12H2,1-3H3,(H,31,48)(H,32,39)(H,33,47)(H,34,49)(H,35,46)(H,36,45)(H,41,42)(H,43,44)(H,50,51)/t13-,14+,18-,19-,20-,21-,24-/m0/s1. The Labute approximate surface area is 290 Å². The SMILES string of the molecule is CC(=O)N[C@@H](Cc1ccc(O)cc1)C(=O)N[C@@H](CCC(=O)O)C(=O)N[C@@H](CO)C(=O)N[C@@H](C)C(=O)N[C@H](C(=O)N[C@@H](CC(=O)O)C(=O)O)[C@@H](C)O. The van der Waals surface area contributed by atoms with E-state index < -0.39 is 122 Å². The first-order chi connectivity index (χ1) is 23.7. The Bertz CT molecular complexity index is 1450. The second-order valence-corrected chi connectivity index (χ2v) is 11.3. The van der Waals surface area contributed by atoms with Crippen molar-refractivity contribution in [2.24, 2.45) is 0 Å². The van der Waals surface area contributed by atoms with Crippen molar-refractivity contribution in [2.45, 2.75) is 88.8 Å². The molecule has 7 atom stereocenters. The summed E-state index contributed by atoms with van der Waals surface area (Å²) in [5, 5.41) is 69.5. The van der Waals surface area contributed by atoms with Gasteiger partial charge in [0.05, 0.1) is 19.1 Å². The van der Waals surface area contributed by atoms with E-state index in [1.807, 2.05) is 5.32 Å². The summed E-state index contributed by atoms with van der Waals surface area (Å²) in [6.45, 7) is 2.24. The van der Waals surface area contributed by atoms with Gasteiger partial charge >= 0.3 is 17.9 Å². The highest BCUT2D eigenvalue weighted by Crippen LogP contribution is 2.12. The number of nitrogens with one attached hydrogen (secondary N) is 6. The molecule has 0 fully saturated rings. The van der Waals surface area contributed by atoms with Gasteiger partial charge in [0.1, 0.15) is 42.0 Å². The number of phenols is 1. The molecule has 6 amide bonds. The highest BCUT2D eigenvalue weighted by molar-refractivity contribution is 5.97. The van der Waals surface area contributed by atoms with Gasteiger partial charge in [-0.1, -0.05) is 12.1 Å². The molecule has 21 nitrogen and oxygen atoms in total. The second-order valence-electron chi connectivity index (χ2n) is 11.3. The lowest BCUT2D eigenvalue weighted by atomic mass is 10.0. The van der Waals surface area contributed by atoms with E-state index in [4.69, 9.17) is 15.3 Å². The van der Waals surface area contributed by atoms with Crippen molar-refractivity contribution in [3.63, 3.8) is 0 Å². The third-order valence-electron chi connectivity index (χ3n) is 6.97. The molecule has 0 radical (unpaired) electrons. The van der Waals surface area contributed by atoms with Gasteiger partial charge in [-0.15, -0.1) is 0 Å². The normalized spacial score (nSPS) is 14.8. The van der Waals surface area contributed by atoms with Crippen molar-refractivity contribution in [3.8, 4) is 5.75 Å². The number of carboxylic acid groups (broad SMARTS) is 3. The van der Waals surface area contributed by atoms with Crippen LogP contribution in [0.2, 0.25) is 0 Å². The summed E-state index contributed by atoms with van der Waals surface area (Å²) in [5.74, 6) is -10.8. The number of hydrogen-bond acceptors (Lipinski definition) is 12. The lowest BCUT2D eigenvalue weighted by Gasteiger charge is -2.26. The average molecular weight is 727 g/mol. The molecule has 0 unspecified atom stereocenters. The van der Waals surface area contributed by atoms with Gasteiger partial charge in [-0.05, 0) is 38.0 Å². The van der Waals surface area contributed by atoms with Crippen LogP contribution in [0, 0.1) is 0 Å². The van der Waals surface area contributed by atoms with Crippen LogP contribution in [0.15, 0.2) is 24.3 Å². The zero-order chi connectivity index (χ0) is 39.0. The number of rotatable bonds is 21. The lowest BCUT2D eigenvalue weighted by molar-refractivity contribution is -0.148. The predicted molar refractivity (Wildman–Crippen MR) is 170 cm³/mol. The average Bonchev–Trinajstić information content (AvgIpc) is 3.03. The molecule has 0 spiro atoms. The van der Waals surface area contributed by atoms with Crippen molar-refractivity contribution in [1.82, 2.24) is 31.9 Å². The third kappa shape index (κ3) is 15.5. The fourth-order valence-electron chi connectivity index (χ4n) is 4.30. The fourth-order valence-corrected chi connectivity index (χ4v) is 4.30. The van der Waals surface area contributed by atoms with Crippen molar-refractivity contribution in [2.75, 3.05) is 6.61 Å². The van der Waals surface area contributed by atoms with Gasteiger partial charge in [-0.2, -0.15) is 0 Å². The monoisotopic (exact) mass is 726 g/mol. The van der Waals surface area contributed by atoms with Crippen molar-refractivity contribution in [1.29, 1.82) is 0 Å². The van der Waals surface area contributed by atoms with E-state index in [0.717, 1.165) is 20.8 Å². The molecule has 0 aromatic heterocycles. The van der Waals surface area contributed by atoms with E-state index in [9.17, 15) is 58.5 Å². The molecule has 1 aromatic carbocycles. The summed E-state index contributed by atoms with van der Waals surface area (Å²) in [6, 6.07) is -4.23. The maximum Gasteiger partial charge on any atom is 0.326 e. The molecule has 0 aliphatic heterocycles. The van der Waals surface area contributed by atoms with Crippen LogP contribution in [-0.2, 0) is 49.6 Å². The van der Waals surface area contributed by atoms with Crippen molar-refractivity contribution >= 4 is 53.4 Å². The van der Waals surface area contributed by atoms with Crippen molar-refractivity contribution in [3.05, 3.63) is 29.8 Å². The van der Waals surface area contributed by atoms with Crippen LogP contribution >= 0.6 is 0 Å². The molecule has 51 heavy (non-hydrogen) atoms. The molecular weight excluding hydrogens is 684 g/mol. The maximum atomic E-state index is 13.2. The Morgan fingerprint density at radius 3 is 1.67 bits per heavy atom. The number of aromatic hydroxyl groups is 1. The Balaban J connectivity index is 3.04. The Morgan fingerprint density at radius 2 is 1.18 bits per heavy atom. The highest BCUT2D eigenvalue weighted by Gasteiger charge is 2.34. The van der Waals surface area contributed by atoms with Crippen LogP contribution in [0.25, 0.3) is 0 Å². The summed E-state index contributed by atoms with van der Waals surface area (Å²) < 4.78 is 0. The number of carbonyl (C=O) groups is 9. The largest absolute Gasteiger partial charge is 0.508 e. The summed E-state index contributed by atoms with van der Waals surface area (Å²) in [7, 11) is 0. The first-order valence-electron chi connectivity index (χ1n) is 15.3. The van der Waals surface area contributed by atoms with Gasteiger partial charge in [0.25, 0.3) is 0 Å². The number of phenolic OH excluding ortho intramolecular Hbond substituents is 1. The highest BCUT2D eigenvalue weighted by atomic mass is 16.4. The van der Waals surface area contributed by atoms with Gasteiger partial charge in [-0.3, -0.25) is 38.4 Å². The molecule has 0 saturated heterocycles. The Kier molecular flexibility index (Phi) is 17.5. The van der Waals surface area contributed by atoms with Crippen LogP contribution in [0.1, 0.15) is 45.6 Å². The molecule has 12 N–H and O–H groups in total. The smallest absolute Gasteiger partial charge is 0.326 e. The topological polar surface area (TPSA) is 347 Å². The molecule has 0 aliphatic rings. The minimum atomic E-state index is -1.90. The van der Waals surface area contributed by atoms with Crippen LogP contribution in [-0.4, -0.2) is 133 Å². The van der Waals surface area contributed by atoms with Gasteiger partial charge in [-0.25, -0.2) is 4.79 Å². The van der Waals surface area contributed by atoms with E-state index in [0.29, 0.717) is 5.56 Å². The van der Waals surface area contributed by atoms with E-state index in [2.05, 4.69) is 26.6 Å². The quantitative estimate of drug-likeness (QED) is 0.0570. The summed E-state index contributed by atoms with van der Waals surface area (Å²) in [6.07, 6.45) is -3.87. The van der Waals surface area contributed by atoms with Gasteiger partial charge in [0.15, 0.2) is 0 Å². The minimum Gasteiger partial charge on any atom is -0.508 e. The fraction of sp³-hybridized carbons (Fsp3) is 0.500.